The van der Waals surface area contributed by atoms with Crippen molar-refractivity contribution in [3.05, 3.63) is 45.0 Å². The third-order valence-corrected chi connectivity index (χ3v) is 9.73. The summed E-state index contributed by atoms with van der Waals surface area (Å²) >= 11 is 2.07. The molecule has 47 heavy (non-hydrogen) atoms. The fourth-order valence-corrected chi connectivity index (χ4v) is 6.83. The number of carbonyl (C=O) groups excluding carboxylic acids is 4. The van der Waals surface area contributed by atoms with E-state index in [1.807, 2.05) is 6.07 Å². The van der Waals surface area contributed by atoms with Gasteiger partial charge in [0.25, 0.3) is 0 Å². The second-order valence-electron chi connectivity index (χ2n) is 14.0. The van der Waals surface area contributed by atoms with Crippen molar-refractivity contribution < 1.29 is 48.3 Å². The number of ether oxygens (including phenoxy) is 4. The van der Waals surface area contributed by atoms with Gasteiger partial charge in [-0.1, -0.05) is 12.1 Å². The van der Waals surface area contributed by atoms with Crippen molar-refractivity contribution >= 4 is 46.3 Å². The van der Waals surface area contributed by atoms with Crippen LogP contribution < -0.4 is 10.6 Å². The van der Waals surface area contributed by atoms with Crippen LogP contribution in [0.1, 0.15) is 83.0 Å². The molecule has 1 aromatic rings. The number of aliphatic hydroxyl groups is 2. The second kappa shape index (κ2) is 14.5. The van der Waals surface area contributed by atoms with Crippen LogP contribution in [0.2, 0.25) is 0 Å². The number of fused-ring (bicyclic) bond motifs is 1. The molecule has 3 aliphatic carbocycles. The fourth-order valence-electron chi connectivity index (χ4n) is 6.22. The molecule has 6 unspecified atom stereocenters. The van der Waals surface area contributed by atoms with E-state index in [2.05, 4.69) is 33.2 Å². The first kappa shape index (κ1) is 35.7. The van der Waals surface area contributed by atoms with E-state index >= 15 is 0 Å². The van der Waals surface area contributed by atoms with E-state index in [-0.39, 0.29) is 36.7 Å². The molecule has 6 atom stereocenters. The molecule has 5 rings (SSSR count). The van der Waals surface area contributed by atoms with E-state index in [0.29, 0.717) is 5.56 Å². The molecule has 2 saturated carbocycles. The van der Waals surface area contributed by atoms with Crippen molar-refractivity contribution in [2.45, 2.75) is 121 Å². The number of carbonyl (C=O) groups is 4. The van der Waals surface area contributed by atoms with Crippen LogP contribution in [0.15, 0.2) is 35.9 Å². The number of rotatable bonds is 13. The molecule has 1 aromatic carbocycles. The molecule has 4 N–H and O–H groups in total. The molecule has 1 saturated heterocycles. The lowest BCUT2D eigenvalue weighted by Crippen LogP contribution is -2.55. The first-order valence-electron chi connectivity index (χ1n) is 16.3. The van der Waals surface area contributed by atoms with Gasteiger partial charge in [0.05, 0.1) is 24.3 Å². The van der Waals surface area contributed by atoms with Crippen molar-refractivity contribution in [1.82, 2.24) is 10.6 Å². The summed E-state index contributed by atoms with van der Waals surface area (Å²) < 4.78 is 25.3. The van der Waals surface area contributed by atoms with Gasteiger partial charge in [0.1, 0.15) is 30.0 Å². The zero-order valence-corrected chi connectivity index (χ0v) is 29.4. The normalized spacial score (nSPS) is 25.4. The summed E-state index contributed by atoms with van der Waals surface area (Å²) in [6.07, 6.45) is 2.30. The molecular weight excluding hydrogens is 723 g/mol. The Labute approximate surface area is 288 Å². The monoisotopic (exact) mass is 768 g/mol. The van der Waals surface area contributed by atoms with Crippen molar-refractivity contribution in [3.8, 4) is 0 Å². The summed E-state index contributed by atoms with van der Waals surface area (Å²) in [7, 11) is 0. The molecule has 0 spiro atoms. The van der Waals surface area contributed by atoms with Crippen LogP contribution in [0, 0.1) is 15.4 Å². The molecular formula is C34H45IN2O10. The Bertz CT molecular complexity index is 1370. The zero-order valence-electron chi connectivity index (χ0n) is 27.2. The van der Waals surface area contributed by atoms with Crippen molar-refractivity contribution in [2.75, 3.05) is 6.61 Å². The summed E-state index contributed by atoms with van der Waals surface area (Å²) in [5.41, 5.74) is -0.0368. The van der Waals surface area contributed by atoms with Crippen LogP contribution >= 0.6 is 22.6 Å². The van der Waals surface area contributed by atoms with Gasteiger partial charge in [0.15, 0.2) is 5.79 Å². The molecule has 258 valence electrons. The third kappa shape index (κ3) is 8.72. The predicted molar refractivity (Wildman–Crippen MR) is 177 cm³/mol. The lowest BCUT2D eigenvalue weighted by molar-refractivity contribution is -0.209. The highest BCUT2D eigenvalue weighted by atomic mass is 127. The second-order valence-corrected chi connectivity index (χ2v) is 15.1. The third-order valence-electron chi connectivity index (χ3n) is 8.79. The van der Waals surface area contributed by atoms with Crippen molar-refractivity contribution in [2.24, 2.45) is 11.8 Å². The molecule has 12 nitrogen and oxygen atoms in total. The summed E-state index contributed by atoms with van der Waals surface area (Å²) in [6.45, 7) is 6.13. The number of aliphatic hydroxyl groups excluding tert-OH is 2. The van der Waals surface area contributed by atoms with Crippen molar-refractivity contribution in [3.63, 3.8) is 0 Å². The predicted octanol–water partition coefficient (Wildman–Crippen LogP) is 2.91. The van der Waals surface area contributed by atoms with Crippen LogP contribution in [-0.4, -0.2) is 88.5 Å². The van der Waals surface area contributed by atoms with Gasteiger partial charge in [-0.05, 0) is 101 Å². The largest absolute Gasteiger partial charge is 0.460 e. The summed E-state index contributed by atoms with van der Waals surface area (Å²) in [5.74, 6) is -2.66. The van der Waals surface area contributed by atoms with Gasteiger partial charge < -0.3 is 39.8 Å². The Morgan fingerprint density at radius 2 is 1.72 bits per heavy atom. The van der Waals surface area contributed by atoms with Gasteiger partial charge in [-0.25, -0.2) is 4.79 Å². The van der Waals surface area contributed by atoms with Gasteiger partial charge in [-0.3, -0.25) is 14.4 Å². The minimum Gasteiger partial charge on any atom is -0.460 e. The highest BCUT2D eigenvalue weighted by Gasteiger charge is 2.64. The Balaban J connectivity index is 1.29. The summed E-state index contributed by atoms with van der Waals surface area (Å²) in [6, 6.07) is 4.88. The summed E-state index contributed by atoms with van der Waals surface area (Å²) in [4.78, 5) is 52.4. The number of halogens is 1. The fraction of sp³-hybridized carbons (Fsp3) is 0.647. The molecule has 3 fully saturated rings. The number of nitrogens with one attached hydrogen (secondary N) is 2. The molecule has 2 amide bonds. The zero-order chi connectivity index (χ0) is 34.1. The molecule has 13 heteroatoms. The van der Waals surface area contributed by atoms with Crippen LogP contribution in [-0.2, 0) is 33.3 Å². The average molecular weight is 769 g/mol. The maximum atomic E-state index is 13.7. The minimum atomic E-state index is -1.37. The average Bonchev–Trinajstić information content (AvgIpc) is 3.94. The SMILES string of the molecule is CC(O)C(NC(=O)C1=CC2OC(C3CC3)(C3CC3)OC2C(OC(=O)c2ccccc2I)C1)C(=O)NC(CO)CCC(=O)OC(C)(C)C. The lowest BCUT2D eigenvalue weighted by atomic mass is 9.91. The highest BCUT2D eigenvalue weighted by Crippen LogP contribution is 2.59. The maximum absolute atomic E-state index is 13.7. The Morgan fingerprint density at radius 3 is 2.30 bits per heavy atom. The van der Waals surface area contributed by atoms with Crippen LogP contribution in [0.4, 0.5) is 0 Å². The van der Waals surface area contributed by atoms with Gasteiger partial charge in [-0.2, -0.15) is 0 Å². The highest BCUT2D eigenvalue weighted by molar-refractivity contribution is 14.1. The molecule has 0 aromatic heterocycles. The molecule has 0 radical (unpaired) electrons. The van der Waals surface area contributed by atoms with Gasteiger partial charge in [0.2, 0.25) is 11.8 Å². The lowest BCUT2D eigenvalue weighted by Gasteiger charge is -2.32. The van der Waals surface area contributed by atoms with Crippen molar-refractivity contribution in [1.29, 1.82) is 0 Å². The van der Waals surface area contributed by atoms with E-state index in [9.17, 15) is 29.4 Å². The Kier molecular flexibility index (Phi) is 11.0. The first-order valence-corrected chi connectivity index (χ1v) is 17.4. The molecule has 4 aliphatic rings. The van der Waals surface area contributed by atoms with Gasteiger partial charge in [0, 0.05) is 33.8 Å². The maximum Gasteiger partial charge on any atom is 0.339 e. The first-order chi connectivity index (χ1) is 22.2. The van der Waals surface area contributed by atoms with Gasteiger partial charge in [-0.15, -0.1) is 0 Å². The topological polar surface area (TPSA) is 170 Å². The van der Waals surface area contributed by atoms with Crippen LogP contribution in [0.5, 0.6) is 0 Å². The van der Waals surface area contributed by atoms with E-state index in [0.717, 1.165) is 29.3 Å². The number of esters is 2. The van der Waals surface area contributed by atoms with Gasteiger partial charge >= 0.3 is 11.9 Å². The standard InChI is InChI=1S/C34H45IN2O10/c1-18(39)28(31(42)36-22(17-38)13-14-27(40)46-33(2,3)4)37-30(41)19-15-25(44-32(43)23-7-5-6-8-24(23)35)29-26(16-19)45-34(47-29,20-9-10-20)21-11-12-21/h5-8,16,18,20-22,25-26,28-29,38-39H,9-15,17H2,1-4H3,(H,36,42)(H,37,41). The number of hydrogen-bond donors (Lipinski definition) is 4. The minimum absolute atomic E-state index is 0.0141. The van der Waals surface area contributed by atoms with Crippen LogP contribution in [0.25, 0.3) is 0 Å². The number of benzene rings is 1. The summed E-state index contributed by atoms with van der Waals surface area (Å²) in [5, 5.41) is 25.6. The van der Waals surface area contributed by atoms with Crippen LogP contribution in [0.3, 0.4) is 0 Å². The van der Waals surface area contributed by atoms with E-state index in [1.165, 1.54) is 6.92 Å². The number of hydrogen-bond acceptors (Lipinski definition) is 10. The molecule has 1 aliphatic heterocycles. The number of amides is 2. The van der Waals surface area contributed by atoms with E-state index in [4.69, 9.17) is 18.9 Å². The molecule has 0 bridgehead atoms. The van der Waals surface area contributed by atoms with E-state index in [1.54, 1.807) is 45.0 Å². The Hall–Kier alpha value is -2.59. The quantitative estimate of drug-likeness (QED) is 0.173. The molecule has 1 heterocycles. The smallest absolute Gasteiger partial charge is 0.339 e. The Morgan fingerprint density at radius 1 is 1.06 bits per heavy atom. The van der Waals surface area contributed by atoms with E-state index < -0.39 is 78.2 Å².